The van der Waals surface area contributed by atoms with Gasteiger partial charge in [0.15, 0.2) is 5.78 Å². The van der Waals surface area contributed by atoms with Crippen molar-refractivity contribution >= 4 is 27.3 Å². The molecule has 3 aromatic carbocycles. The van der Waals surface area contributed by atoms with Crippen molar-refractivity contribution in [2.45, 2.75) is 87.5 Å². The van der Waals surface area contributed by atoms with Crippen LogP contribution in [0.1, 0.15) is 85.3 Å². The van der Waals surface area contributed by atoms with Crippen LogP contribution >= 0.6 is 0 Å². The molecule has 0 spiro atoms. The fraction of sp³-hybridized carbons (Fsp3) is 0.421. The van der Waals surface area contributed by atoms with E-state index in [1.807, 2.05) is 40.0 Å². The number of ketones is 1. The van der Waals surface area contributed by atoms with Crippen LogP contribution in [0.15, 0.2) is 60.5 Å². The maximum atomic E-state index is 11.7. The van der Waals surface area contributed by atoms with Crippen molar-refractivity contribution in [1.29, 1.82) is 0 Å². The van der Waals surface area contributed by atoms with Crippen molar-refractivity contribution in [2.24, 2.45) is 17.3 Å². The summed E-state index contributed by atoms with van der Waals surface area (Å²) in [6.45, 7) is 17.0. The number of rotatable bonds is 8. The van der Waals surface area contributed by atoms with Gasteiger partial charge in [0.2, 0.25) is 0 Å². The molecule has 1 radical (unpaired) electrons. The molecular formula is C38H46IrNO3-. The molecule has 2 heterocycles. The fourth-order valence-corrected chi connectivity index (χ4v) is 5.85. The predicted octanol–water partition coefficient (Wildman–Crippen LogP) is 10.7. The van der Waals surface area contributed by atoms with Gasteiger partial charge in [-0.05, 0) is 55.2 Å². The molecule has 5 heteroatoms. The number of aromatic nitrogens is 1. The normalized spacial score (nSPS) is 12.5. The van der Waals surface area contributed by atoms with Gasteiger partial charge in [-0.25, -0.2) is 0 Å². The zero-order chi connectivity index (χ0) is 30.6. The van der Waals surface area contributed by atoms with Crippen LogP contribution < -0.4 is 4.74 Å². The van der Waals surface area contributed by atoms with Gasteiger partial charge in [0, 0.05) is 60.7 Å². The van der Waals surface area contributed by atoms with Gasteiger partial charge in [0.25, 0.3) is 0 Å². The Kier molecular flexibility index (Phi) is 11.7. The van der Waals surface area contributed by atoms with Gasteiger partial charge in [0.1, 0.15) is 5.75 Å². The molecule has 0 aliphatic carbocycles. The Hall–Kier alpha value is -3.01. The van der Waals surface area contributed by atoms with E-state index in [1.165, 1.54) is 22.6 Å². The number of hydrogen-bond donors (Lipinski definition) is 1. The number of carbonyl (C=O) groups is 1. The maximum absolute atomic E-state index is 11.7. The van der Waals surface area contributed by atoms with Gasteiger partial charge in [0.05, 0.1) is 11.5 Å². The number of aliphatic hydroxyl groups excluding tert-OH is 1. The van der Waals surface area contributed by atoms with Crippen LogP contribution in [0.4, 0.5) is 0 Å². The molecule has 0 amide bonds. The van der Waals surface area contributed by atoms with Crippen LogP contribution in [0.5, 0.6) is 11.5 Å². The number of ether oxygens (including phenoxy) is 1. The summed E-state index contributed by atoms with van der Waals surface area (Å²) in [5.74, 6) is 2.29. The summed E-state index contributed by atoms with van der Waals surface area (Å²) in [7, 11) is 0. The Balaban J connectivity index is 0.000000274. The van der Waals surface area contributed by atoms with Gasteiger partial charge in [-0.15, -0.1) is 23.3 Å². The Labute approximate surface area is 271 Å². The van der Waals surface area contributed by atoms with E-state index >= 15 is 0 Å². The summed E-state index contributed by atoms with van der Waals surface area (Å²) in [5.41, 5.74) is 4.69. The molecule has 0 bridgehead atoms. The number of allylic oxidation sites excluding steroid dienone is 2. The SMILES string of the molecule is CCC(CC)C(=O)/C=C(\O)C(CC)CC.Cc1c[c-]c2c3c(cccc13)Oc1c-2ncc2ccc(CC(C)(C)C)cc12.[Ir]. The molecule has 4 aromatic rings. The predicted molar refractivity (Wildman–Crippen MR) is 175 cm³/mol. The van der Waals surface area contributed by atoms with Crippen LogP contribution in [0, 0.1) is 30.2 Å². The Morgan fingerprint density at radius 3 is 2.30 bits per heavy atom. The van der Waals surface area contributed by atoms with Crippen molar-refractivity contribution in [2.75, 3.05) is 0 Å². The van der Waals surface area contributed by atoms with Crippen molar-refractivity contribution in [3.63, 3.8) is 0 Å². The Morgan fingerprint density at radius 2 is 1.67 bits per heavy atom. The molecule has 1 aromatic heterocycles. The first-order valence-corrected chi connectivity index (χ1v) is 15.5. The van der Waals surface area contributed by atoms with Crippen molar-refractivity contribution < 1.29 is 34.7 Å². The van der Waals surface area contributed by atoms with E-state index < -0.39 is 0 Å². The van der Waals surface area contributed by atoms with Crippen molar-refractivity contribution in [1.82, 2.24) is 4.98 Å². The molecule has 43 heavy (non-hydrogen) atoms. The molecule has 5 rings (SSSR count). The van der Waals surface area contributed by atoms with E-state index in [0.717, 1.165) is 71.0 Å². The molecule has 1 aliphatic heterocycles. The number of pyridine rings is 1. The maximum Gasteiger partial charge on any atom is 0.162 e. The monoisotopic (exact) mass is 757 g/mol. The Bertz CT molecular complexity index is 1610. The van der Waals surface area contributed by atoms with Gasteiger partial charge < -0.3 is 14.8 Å². The van der Waals surface area contributed by atoms with Crippen LogP contribution in [0.2, 0.25) is 0 Å². The summed E-state index contributed by atoms with van der Waals surface area (Å²) >= 11 is 0. The molecular weight excluding hydrogens is 711 g/mol. The number of benzene rings is 3. The van der Waals surface area contributed by atoms with E-state index in [9.17, 15) is 9.90 Å². The van der Waals surface area contributed by atoms with Gasteiger partial charge >= 0.3 is 0 Å². The number of fused-ring (bicyclic) bond motifs is 4. The van der Waals surface area contributed by atoms with Crippen molar-refractivity contribution in [3.05, 3.63) is 77.7 Å². The first-order valence-electron chi connectivity index (χ1n) is 15.5. The zero-order valence-corrected chi connectivity index (χ0v) is 29.3. The van der Waals surface area contributed by atoms with E-state index in [1.54, 1.807) is 0 Å². The minimum Gasteiger partial charge on any atom is -0.512 e. The average molecular weight is 757 g/mol. The van der Waals surface area contributed by atoms with E-state index in [2.05, 4.69) is 70.2 Å². The largest absolute Gasteiger partial charge is 0.512 e. The molecule has 231 valence electrons. The molecule has 1 N–H and O–H groups in total. The molecule has 0 saturated carbocycles. The third-order valence-electron chi connectivity index (χ3n) is 8.31. The molecule has 1 aliphatic rings. The van der Waals surface area contributed by atoms with Gasteiger partial charge in [-0.1, -0.05) is 90.4 Å². The van der Waals surface area contributed by atoms with Crippen LogP contribution in [-0.4, -0.2) is 15.9 Å². The summed E-state index contributed by atoms with van der Waals surface area (Å²) in [6.07, 6.45) is 7.88. The molecule has 0 atom stereocenters. The standard InChI is InChI=1S/C25H22NO.C13H24O2.Ir/c1-15-8-11-19-22-18(15)6-5-7-21(22)27-24-20-12-16(13-25(2,3)4)9-10-17(20)14-26-23(19)24;1-5-10(6-2)12(14)9-13(15)11(7-3)8-4;/h5-10,12,14H,13H2,1-4H3;9-11,14H,5-8H2,1-4H3;/q-1;;/b;12-9-;. The number of hydrogen-bond acceptors (Lipinski definition) is 4. The third kappa shape index (κ3) is 7.75. The number of aryl methyl sites for hydroxylation is 1. The van der Waals surface area contributed by atoms with Crippen LogP contribution in [0.25, 0.3) is 32.8 Å². The molecule has 0 fully saturated rings. The van der Waals surface area contributed by atoms with Crippen molar-refractivity contribution in [3.8, 4) is 22.8 Å². The second-order valence-corrected chi connectivity index (χ2v) is 12.7. The summed E-state index contributed by atoms with van der Waals surface area (Å²) in [4.78, 5) is 16.5. The number of nitrogens with zero attached hydrogens (tertiary/aromatic N) is 1. The van der Waals surface area contributed by atoms with Gasteiger partial charge in [-0.2, -0.15) is 0 Å². The zero-order valence-electron chi connectivity index (χ0n) is 26.9. The topological polar surface area (TPSA) is 59.4 Å². The van der Waals surface area contributed by atoms with E-state index in [4.69, 9.17) is 9.72 Å². The minimum absolute atomic E-state index is 0. The van der Waals surface area contributed by atoms with Crippen LogP contribution in [0.3, 0.4) is 0 Å². The van der Waals surface area contributed by atoms with Crippen LogP contribution in [-0.2, 0) is 31.3 Å². The molecule has 0 saturated heterocycles. The van der Waals surface area contributed by atoms with E-state index in [-0.39, 0.29) is 48.9 Å². The fourth-order valence-electron chi connectivity index (χ4n) is 5.85. The average Bonchev–Trinajstić information content (AvgIpc) is 2.95. The number of carbonyl (C=O) groups excluding carboxylic acids is 1. The van der Waals surface area contributed by atoms with E-state index in [0.29, 0.717) is 0 Å². The smallest absolute Gasteiger partial charge is 0.162 e. The summed E-state index contributed by atoms with van der Waals surface area (Å²) in [5, 5.41) is 14.3. The quantitative estimate of drug-likeness (QED) is 0.0973. The van der Waals surface area contributed by atoms with Gasteiger partial charge in [-0.3, -0.25) is 4.79 Å². The second kappa shape index (κ2) is 14.6. The Morgan fingerprint density at radius 1 is 1.00 bits per heavy atom. The molecule has 0 unspecified atom stereocenters. The second-order valence-electron chi connectivity index (χ2n) is 12.7. The first kappa shape index (κ1) is 34.5. The number of aliphatic hydroxyl groups is 1. The first-order chi connectivity index (χ1) is 20.0. The minimum atomic E-state index is 0. The molecule has 4 nitrogen and oxygen atoms in total. The third-order valence-corrected chi connectivity index (χ3v) is 8.31. The summed E-state index contributed by atoms with van der Waals surface area (Å²) in [6, 6.07) is 18.4. The summed E-state index contributed by atoms with van der Waals surface area (Å²) < 4.78 is 6.42.